The summed E-state index contributed by atoms with van der Waals surface area (Å²) < 4.78 is 14.2. The lowest BCUT2D eigenvalue weighted by atomic mass is 10.0. The quantitative estimate of drug-likeness (QED) is 0.555. The van der Waals surface area contributed by atoms with Gasteiger partial charge in [0, 0.05) is 23.5 Å². The van der Waals surface area contributed by atoms with E-state index in [1.165, 1.54) is 0 Å². The number of aromatic nitrogens is 2. The summed E-state index contributed by atoms with van der Waals surface area (Å²) in [6.07, 6.45) is 2.64. The maximum absolute atomic E-state index is 12.5. The van der Waals surface area contributed by atoms with Gasteiger partial charge in [0.25, 0.3) is 0 Å². The van der Waals surface area contributed by atoms with Crippen LogP contribution < -0.4 is 0 Å². The number of fused-ring (bicyclic) bond motifs is 1. The second-order valence-electron chi connectivity index (χ2n) is 6.56. The summed E-state index contributed by atoms with van der Waals surface area (Å²) in [7, 11) is 0. The van der Waals surface area contributed by atoms with Crippen molar-refractivity contribution >= 4 is 0 Å². The molecular weight excluding hydrogens is 343 g/mol. The van der Waals surface area contributed by atoms with Crippen LogP contribution in [0.5, 0.6) is 5.75 Å². The summed E-state index contributed by atoms with van der Waals surface area (Å²) in [5.41, 5.74) is 5.77. The third-order valence-electron chi connectivity index (χ3n) is 4.54. The molecule has 0 radical (unpaired) electrons. The fourth-order valence-electron chi connectivity index (χ4n) is 3.10. The number of aliphatic hydroxyl groups is 1. The van der Waals surface area contributed by atoms with Gasteiger partial charge in [-0.15, -0.1) is 0 Å². The lowest BCUT2D eigenvalue weighted by Gasteiger charge is -2.11. The molecule has 27 heavy (non-hydrogen) atoms. The average Bonchev–Trinajstić information content (AvgIpc) is 3.12. The van der Waals surface area contributed by atoms with E-state index in [-0.39, 0.29) is 12.3 Å². The van der Waals surface area contributed by atoms with Crippen molar-refractivity contribution in [3.8, 4) is 39.4 Å². The summed E-state index contributed by atoms with van der Waals surface area (Å²) in [6.45, 7) is -0.561. The lowest BCUT2D eigenvalue weighted by molar-refractivity contribution is 0.122. The molecule has 0 fully saturated rings. The van der Waals surface area contributed by atoms with Gasteiger partial charge in [0.05, 0.1) is 17.9 Å². The number of rotatable bonds is 5. The van der Waals surface area contributed by atoms with E-state index in [9.17, 15) is 14.6 Å². The Hall–Kier alpha value is -3.18. The summed E-state index contributed by atoms with van der Waals surface area (Å²) in [4.78, 5) is 4.66. The third-order valence-corrected chi connectivity index (χ3v) is 4.54. The predicted octanol–water partition coefficient (Wildman–Crippen LogP) is 4.36. The van der Waals surface area contributed by atoms with Gasteiger partial charge in [-0.3, -0.25) is 0 Å². The predicted molar refractivity (Wildman–Crippen MR) is 103 cm³/mol. The third kappa shape index (κ3) is 3.68. The van der Waals surface area contributed by atoms with Crippen LogP contribution in [0, 0.1) is 0 Å². The minimum absolute atomic E-state index is 0.204. The van der Waals surface area contributed by atoms with Gasteiger partial charge in [-0.25, -0.2) is 9.37 Å². The number of pyridine rings is 1. The second kappa shape index (κ2) is 7.21. The molecule has 2 aliphatic heterocycles. The van der Waals surface area contributed by atoms with E-state index in [0.29, 0.717) is 0 Å². The van der Waals surface area contributed by atoms with E-state index in [4.69, 9.17) is 0 Å². The van der Waals surface area contributed by atoms with Gasteiger partial charge in [-0.2, -0.15) is 0 Å². The Kier molecular flexibility index (Phi) is 4.60. The monoisotopic (exact) mass is 362 g/mol. The van der Waals surface area contributed by atoms with Crippen molar-refractivity contribution in [2.24, 2.45) is 0 Å². The maximum Gasteiger partial charge on any atom is 0.117 e. The molecule has 4 rings (SSSR count). The van der Waals surface area contributed by atoms with Crippen LogP contribution in [0.15, 0.2) is 73.1 Å². The highest BCUT2D eigenvalue weighted by Gasteiger charge is 2.12. The van der Waals surface area contributed by atoms with Crippen LogP contribution in [0.2, 0.25) is 0 Å². The molecule has 2 heterocycles. The number of phenolic OH excluding ortho intramolecular Hbond substituents is 1. The van der Waals surface area contributed by atoms with E-state index in [2.05, 4.69) is 4.98 Å². The summed E-state index contributed by atoms with van der Waals surface area (Å²) >= 11 is 0. The van der Waals surface area contributed by atoms with Gasteiger partial charge in [-0.1, -0.05) is 36.4 Å². The Labute approximate surface area is 156 Å². The molecule has 2 aliphatic rings. The Morgan fingerprint density at radius 2 is 1.48 bits per heavy atom. The van der Waals surface area contributed by atoms with Gasteiger partial charge in [-0.05, 0) is 35.4 Å². The molecule has 2 aromatic rings. The first kappa shape index (κ1) is 17.2. The molecule has 2 N–H and O–H groups in total. The molecule has 0 amide bonds. The van der Waals surface area contributed by atoms with Crippen LogP contribution in [0.1, 0.15) is 0 Å². The second-order valence-corrected chi connectivity index (χ2v) is 6.56. The summed E-state index contributed by atoms with van der Waals surface area (Å²) in [6, 6.07) is 19.1. The Morgan fingerprint density at radius 3 is 2.15 bits per heavy atom. The molecule has 5 heteroatoms. The fourth-order valence-corrected chi connectivity index (χ4v) is 3.10. The largest absolute Gasteiger partial charge is 0.508 e. The van der Waals surface area contributed by atoms with Crippen LogP contribution in [0.3, 0.4) is 0 Å². The molecule has 136 valence electrons. The van der Waals surface area contributed by atoms with Crippen LogP contribution in [0.4, 0.5) is 4.39 Å². The zero-order valence-corrected chi connectivity index (χ0v) is 14.6. The summed E-state index contributed by atoms with van der Waals surface area (Å²) in [5.74, 6) is 0.249. The van der Waals surface area contributed by atoms with Crippen LogP contribution >= 0.6 is 0 Å². The SMILES string of the molecule is Oc1ccc(-c2ccc(-c3cc4ccn(CC(O)CF)cc-4n3)cc2)cc1. The van der Waals surface area contributed by atoms with Crippen molar-refractivity contribution in [2.45, 2.75) is 12.6 Å². The van der Waals surface area contributed by atoms with Gasteiger partial charge < -0.3 is 14.8 Å². The molecule has 1 unspecified atom stereocenters. The highest BCUT2D eigenvalue weighted by atomic mass is 19.1. The van der Waals surface area contributed by atoms with Gasteiger partial charge in [0.2, 0.25) is 0 Å². The number of hydrogen-bond donors (Lipinski definition) is 2. The van der Waals surface area contributed by atoms with Crippen LogP contribution in [-0.2, 0) is 6.54 Å². The number of aromatic hydroxyl groups is 1. The van der Waals surface area contributed by atoms with Crippen LogP contribution in [-0.4, -0.2) is 32.5 Å². The van der Waals surface area contributed by atoms with Crippen molar-refractivity contribution in [3.05, 3.63) is 73.1 Å². The highest BCUT2D eigenvalue weighted by molar-refractivity contribution is 5.75. The van der Waals surface area contributed by atoms with Crippen molar-refractivity contribution in [1.29, 1.82) is 0 Å². The minimum atomic E-state index is -1.01. The zero-order chi connectivity index (χ0) is 18.8. The normalized spacial score (nSPS) is 12.4. The minimum Gasteiger partial charge on any atom is -0.508 e. The number of halogens is 1. The molecule has 0 aliphatic carbocycles. The van der Waals surface area contributed by atoms with E-state index in [1.807, 2.05) is 60.9 Å². The molecule has 4 nitrogen and oxygen atoms in total. The molecular formula is C22H19FN2O2. The number of benzene rings is 2. The Morgan fingerprint density at radius 1 is 0.852 bits per heavy atom. The number of hydrogen-bond acceptors (Lipinski definition) is 3. The number of phenols is 1. The fraction of sp³-hybridized carbons (Fsp3) is 0.136. The van der Waals surface area contributed by atoms with Crippen molar-refractivity contribution in [3.63, 3.8) is 0 Å². The summed E-state index contributed by atoms with van der Waals surface area (Å²) in [5, 5.41) is 18.9. The van der Waals surface area contributed by atoms with E-state index < -0.39 is 12.8 Å². The standard InChI is InChI=1S/C22H19FN2O2/c23-12-20(27)13-25-10-9-18-11-21(24-22(18)14-25)17-3-1-15(2-4-17)16-5-7-19(26)8-6-16/h1-11,14,20,26-27H,12-13H2. The highest BCUT2D eigenvalue weighted by Crippen LogP contribution is 2.30. The van der Waals surface area contributed by atoms with Crippen molar-refractivity contribution < 1.29 is 14.6 Å². The maximum atomic E-state index is 12.5. The topological polar surface area (TPSA) is 58.3 Å². The Bertz CT molecular complexity index is 1010. The molecule has 0 bridgehead atoms. The van der Waals surface area contributed by atoms with E-state index >= 15 is 0 Å². The van der Waals surface area contributed by atoms with Crippen molar-refractivity contribution in [1.82, 2.24) is 9.55 Å². The molecule has 0 saturated carbocycles. The Balaban J connectivity index is 1.60. The smallest absolute Gasteiger partial charge is 0.117 e. The molecule has 1 atom stereocenters. The lowest BCUT2D eigenvalue weighted by Crippen LogP contribution is -2.17. The first-order valence-corrected chi connectivity index (χ1v) is 8.73. The van der Waals surface area contributed by atoms with E-state index in [1.54, 1.807) is 16.7 Å². The first-order chi connectivity index (χ1) is 13.1. The van der Waals surface area contributed by atoms with E-state index in [0.717, 1.165) is 33.6 Å². The number of aliphatic hydroxyl groups excluding tert-OH is 1. The average molecular weight is 362 g/mol. The van der Waals surface area contributed by atoms with Gasteiger partial charge in [0.15, 0.2) is 0 Å². The van der Waals surface area contributed by atoms with Gasteiger partial charge in [0.1, 0.15) is 18.5 Å². The molecule has 0 aromatic heterocycles. The van der Waals surface area contributed by atoms with Gasteiger partial charge >= 0.3 is 0 Å². The first-order valence-electron chi connectivity index (χ1n) is 8.73. The van der Waals surface area contributed by atoms with Crippen molar-refractivity contribution in [2.75, 3.05) is 6.67 Å². The molecule has 2 aromatic carbocycles. The molecule has 0 spiro atoms. The number of nitrogens with zero attached hydrogens (tertiary/aromatic N) is 2. The zero-order valence-electron chi connectivity index (χ0n) is 14.6. The molecule has 0 saturated heterocycles. The number of alkyl halides is 1. The van der Waals surface area contributed by atoms with Crippen LogP contribution in [0.25, 0.3) is 33.6 Å².